The second-order valence-electron chi connectivity index (χ2n) is 5.38. The van der Waals surface area contributed by atoms with Crippen molar-refractivity contribution in [1.29, 1.82) is 0 Å². The van der Waals surface area contributed by atoms with Gasteiger partial charge in [-0.3, -0.25) is 9.59 Å². The molecule has 0 aliphatic rings. The summed E-state index contributed by atoms with van der Waals surface area (Å²) < 4.78 is 6.03. The van der Waals surface area contributed by atoms with Crippen molar-refractivity contribution in [2.45, 2.75) is 13.8 Å². The standard InChI is InChI=1S/C18H15BrN2O3/c1-10-16(18(23)17(19)11(2)21-10)13-9-20-15(8-14(13)22)24-12-6-4-3-5-7-12/h3-9H,1-2H3,(H,20,22)(H,21,23). The summed E-state index contributed by atoms with van der Waals surface area (Å²) in [5, 5.41) is 0. The maximum Gasteiger partial charge on any atom is 0.204 e. The van der Waals surface area contributed by atoms with Crippen molar-refractivity contribution in [3.8, 4) is 22.8 Å². The van der Waals surface area contributed by atoms with Crippen molar-refractivity contribution in [3.05, 3.63) is 78.9 Å². The molecular formula is C18H15BrN2O3. The summed E-state index contributed by atoms with van der Waals surface area (Å²) in [6.45, 7) is 3.56. The van der Waals surface area contributed by atoms with Gasteiger partial charge in [-0.15, -0.1) is 0 Å². The predicted molar refractivity (Wildman–Crippen MR) is 96.8 cm³/mol. The molecule has 0 radical (unpaired) electrons. The molecule has 0 atom stereocenters. The molecule has 0 spiro atoms. The topological polar surface area (TPSA) is 75.0 Å². The molecule has 0 unspecified atom stereocenters. The number of aromatic nitrogens is 2. The van der Waals surface area contributed by atoms with E-state index >= 15 is 0 Å². The fourth-order valence-electron chi connectivity index (χ4n) is 2.50. The minimum absolute atomic E-state index is 0.217. The Labute approximate surface area is 146 Å². The Bertz CT molecular complexity index is 1010. The van der Waals surface area contributed by atoms with Gasteiger partial charge in [-0.2, -0.15) is 0 Å². The normalized spacial score (nSPS) is 10.6. The number of aromatic amines is 2. The lowest BCUT2D eigenvalue weighted by Crippen LogP contribution is -2.17. The zero-order chi connectivity index (χ0) is 17.3. The monoisotopic (exact) mass is 386 g/mol. The molecule has 24 heavy (non-hydrogen) atoms. The molecule has 0 saturated carbocycles. The van der Waals surface area contributed by atoms with Crippen molar-refractivity contribution < 1.29 is 4.74 Å². The smallest absolute Gasteiger partial charge is 0.204 e. The van der Waals surface area contributed by atoms with Gasteiger partial charge in [0.05, 0.1) is 15.6 Å². The summed E-state index contributed by atoms with van der Waals surface area (Å²) in [4.78, 5) is 31.0. The van der Waals surface area contributed by atoms with Crippen LogP contribution in [0.5, 0.6) is 11.6 Å². The molecule has 0 bridgehead atoms. The van der Waals surface area contributed by atoms with Crippen LogP contribution in [0.15, 0.2) is 56.7 Å². The maximum absolute atomic E-state index is 12.5. The molecule has 0 fully saturated rings. The van der Waals surface area contributed by atoms with Crippen LogP contribution in [0.2, 0.25) is 0 Å². The van der Waals surface area contributed by atoms with E-state index in [1.54, 1.807) is 26.0 Å². The summed E-state index contributed by atoms with van der Waals surface area (Å²) in [6.07, 6.45) is 1.50. The Morgan fingerprint density at radius 2 is 1.75 bits per heavy atom. The summed E-state index contributed by atoms with van der Waals surface area (Å²) in [7, 11) is 0. The number of hydrogen-bond donors (Lipinski definition) is 2. The maximum atomic E-state index is 12.5. The molecule has 3 aromatic rings. The highest BCUT2D eigenvalue weighted by molar-refractivity contribution is 9.10. The van der Waals surface area contributed by atoms with Crippen LogP contribution in [0.25, 0.3) is 11.1 Å². The third-order valence-corrected chi connectivity index (χ3v) is 4.59. The number of hydrogen-bond acceptors (Lipinski definition) is 3. The third-order valence-electron chi connectivity index (χ3n) is 3.63. The summed E-state index contributed by atoms with van der Waals surface area (Å²) in [6, 6.07) is 10.5. The van der Waals surface area contributed by atoms with E-state index in [0.29, 0.717) is 32.9 Å². The van der Waals surface area contributed by atoms with Gasteiger partial charge in [-0.05, 0) is 41.9 Å². The van der Waals surface area contributed by atoms with Crippen LogP contribution < -0.4 is 15.6 Å². The average Bonchev–Trinajstić information content (AvgIpc) is 2.56. The number of rotatable bonds is 3. The van der Waals surface area contributed by atoms with E-state index < -0.39 is 0 Å². The highest BCUT2D eigenvalue weighted by Crippen LogP contribution is 2.22. The highest BCUT2D eigenvalue weighted by atomic mass is 79.9. The first kappa shape index (κ1) is 16.3. The molecule has 0 aliphatic heterocycles. The van der Waals surface area contributed by atoms with Gasteiger partial charge in [0.2, 0.25) is 11.3 Å². The number of aryl methyl sites for hydroxylation is 2. The first-order valence-electron chi connectivity index (χ1n) is 7.32. The molecule has 0 aliphatic carbocycles. The lowest BCUT2D eigenvalue weighted by atomic mass is 10.1. The quantitative estimate of drug-likeness (QED) is 0.716. The van der Waals surface area contributed by atoms with Crippen molar-refractivity contribution in [2.24, 2.45) is 0 Å². The number of nitrogens with one attached hydrogen (secondary N) is 2. The number of H-pyrrole nitrogens is 2. The van der Waals surface area contributed by atoms with E-state index in [-0.39, 0.29) is 10.9 Å². The third kappa shape index (κ3) is 3.05. The first-order chi connectivity index (χ1) is 11.5. The van der Waals surface area contributed by atoms with Gasteiger partial charge in [-0.25, -0.2) is 0 Å². The SMILES string of the molecule is Cc1[nH]c(C)c(-c2c[nH]c(Oc3ccccc3)cc2=O)c(=O)c1Br. The molecule has 2 heterocycles. The van der Waals surface area contributed by atoms with E-state index in [2.05, 4.69) is 25.9 Å². The molecule has 5 nitrogen and oxygen atoms in total. The van der Waals surface area contributed by atoms with Crippen LogP contribution in [0, 0.1) is 13.8 Å². The summed E-state index contributed by atoms with van der Waals surface area (Å²) in [5.74, 6) is 0.934. The average molecular weight is 387 g/mol. The Morgan fingerprint density at radius 1 is 1.04 bits per heavy atom. The van der Waals surface area contributed by atoms with Crippen molar-refractivity contribution in [3.63, 3.8) is 0 Å². The zero-order valence-corrected chi connectivity index (χ0v) is 14.7. The molecular weight excluding hydrogens is 372 g/mol. The van der Waals surface area contributed by atoms with Gasteiger partial charge in [0, 0.05) is 23.7 Å². The van der Waals surface area contributed by atoms with Crippen molar-refractivity contribution >= 4 is 15.9 Å². The van der Waals surface area contributed by atoms with Gasteiger partial charge >= 0.3 is 0 Å². The number of para-hydroxylation sites is 1. The molecule has 2 N–H and O–H groups in total. The van der Waals surface area contributed by atoms with Crippen LogP contribution in [0.4, 0.5) is 0 Å². The fourth-order valence-corrected chi connectivity index (χ4v) is 2.79. The molecule has 0 amide bonds. The fraction of sp³-hybridized carbons (Fsp3) is 0.111. The molecule has 2 aromatic heterocycles. The van der Waals surface area contributed by atoms with Gasteiger partial charge in [-0.1, -0.05) is 18.2 Å². The second kappa shape index (κ2) is 6.49. The van der Waals surface area contributed by atoms with Crippen LogP contribution in [0.1, 0.15) is 11.4 Å². The van der Waals surface area contributed by atoms with E-state index in [1.807, 2.05) is 18.2 Å². The lowest BCUT2D eigenvalue weighted by molar-refractivity contribution is 0.462. The minimum Gasteiger partial charge on any atom is -0.441 e. The van der Waals surface area contributed by atoms with Gasteiger partial charge in [0.1, 0.15) is 5.75 Å². The number of halogens is 1. The number of benzene rings is 1. The Morgan fingerprint density at radius 3 is 2.42 bits per heavy atom. The predicted octanol–water partition coefficient (Wildman–Crippen LogP) is 3.90. The Hall–Kier alpha value is -2.60. The van der Waals surface area contributed by atoms with Crippen LogP contribution in [0.3, 0.4) is 0 Å². The van der Waals surface area contributed by atoms with Gasteiger partial charge in [0.15, 0.2) is 5.43 Å². The Kier molecular flexibility index (Phi) is 4.40. The molecule has 1 aromatic carbocycles. The lowest BCUT2D eigenvalue weighted by Gasteiger charge is -2.10. The number of ether oxygens (including phenoxy) is 1. The van der Waals surface area contributed by atoms with Crippen LogP contribution in [-0.4, -0.2) is 9.97 Å². The van der Waals surface area contributed by atoms with E-state index in [1.165, 1.54) is 12.3 Å². The van der Waals surface area contributed by atoms with Gasteiger partial charge in [0.25, 0.3) is 0 Å². The number of pyridine rings is 2. The summed E-state index contributed by atoms with van der Waals surface area (Å²) in [5.41, 5.74) is 1.51. The highest BCUT2D eigenvalue weighted by Gasteiger charge is 2.16. The minimum atomic E-state index is -0.288. The van der Waals surface area contributed by atoms with Crippen LogP contribution >= 0.6 is 15.9 Å². The largest absolute Gasteiger partial charge is 0.441 e. The molecule has 122 valence electrons. The van der Waals surface area contributed by atoms with E-state index in [0.717, 1.165) is 5.69 Å². The first-order valence-corrected chi connectivity index (χ1v) is 8.11. The van der Waals surface area contributed by atoms with Crippen LogP contribution in [-0.2, 0) is 0 Å². The second-order valence-corrected chi connectivity index (χ2v) is 6.18. The van der Waals surface area contributed by atoms with Crippen molar-refractivity contribution in [2.75, 3.05) is 0 Å². The van der Waals surface area contributed by atoms with E-state index in [9.17, 15) is 9.59 Å². The summed E-state index contributed by atoms with van der Waals surface area (Å²) >= 11 is 3.26. The van der Waals surface area contributed by atoms with Gasteiger partial charge < -0.3 is 14.7 Å². The molecule has 3 rings (SSSR count). The zero-order valence-electron chi connectivity index (χ0n) is 13.1. The Balaban J connectivity index is 2.05. The van der Waals surface area contributed by atoms with Crippen molar-refractivity contribution in [1.82, 2.24) is 9.97 Å². The molecule has 0 saturated heterocycles. The molecule has 6 heteroatoms. The van der Waals surface area contributed by atoms with E-state index in [4.69, 9.17) is 4.74 Å².